The van der Waals surface area contributed by atoms with Gasteiger partial charge in [0.2, 0.25) is 5.13 Å². The second kappa shape index (κ2) is 8.12. The molecule has 0 spiro atoms. The van der Waals surface area contributed by atoms with Gasteiger partial charge in [0, 0.05) is 5.38 Å². The van der Waals surface area contributed by atoms with Gasteiger partial charge in [-0.2, -0.15) is 10.4 Å². The standard InChI is InChI=1S/C15H12F2N4O2S/c1-2-23-13(22)5-10-8-24-15(20-10)21-19-7-11-12(16)4-3-9(6-18)14(11)17/h3-4,7-8H,2,5H2,1H3,(H,20,21). The van der Waals surface area contributed by atoms with E-state index in [1.807, 2.05) is 0 Å². The number of aromatic nitrogens is 1. The number of esters is 1. The molecule has 0 atom stereocenters. The zero-order valence-corrected chi connectivity index (χ0v) is 13.4. The summed E-state index contributed by atoms with van der Waals surface area (Å²) >= 11 is 1.18. The van der Waals surface area contributed by atoms with Crippen LogP contribution in [0.4, 0.5) is 13.9 Å². The first kappa shape index (κ1) is 17.5. The molecular weight excluding hydrogens is 338 g/mol. The highest BCUT2D eigenvalue weighted by molar-refractivity contribution is 7.13. The lowest BCUT2D eigenvalue weighted by molar-refractivity contribution is -0.142. The van der Waals surface area contributed by atoms with Gasteiger partial charge in [-0.3, -0.25) is 10.2 Å². The lowest BCUT2D eigenvalue weighted by Crippen LogP contribution is -2.07. The molecule has 0 fully saturated rings. The van der Waals surface area contributed by atoms with E-state index < -0.39 is 23.2 Å². The van der Waals surface area contributed by atoms with Crippen LogP contribution in [0.3, 0.4) is 0 Å². The van der Waals surface area contributed by atoms with Gasteiger partial charge in [0.25, 0.3) is 0 Å². The minimum atomic E-state index is -0.981. The average molecular weight is 350 g/mol. The number of nitriles is 1. The summed E-state index contributed by atoms with van der Waals surface area (Å²) < 4.78 is 32.2. The van der Waals surface area contributed by atoms with Crippen molar-refractivity contribution < 1.29 is 18.3 Å². The van der Waals surface area contributed by atoms with E-state index in [2.05, 4.69) is 15.5 Å². The summed E-state index contributed by atoms with van der Waals surface area (Å²) in [7, 11) is 0. The Balaban J connectivity index is 2.04. The predicted octanol–water partition coefficient (Wildman–Crippen LogP) is 2.84. The van der Waals surface area contributed by atoms with Crippen LogP contribution in [-0.4, -0.2) is 23.8 Å². The Morgan fingerprint density at radius 2 is 2.33 bits per heavy atom. The number of rotatable bonds is 6. The topological polar surface area (TPSA) is 87.4 Å². The van der Waals surface area contributed by atoms with Gasteiger partial charge in [-0.1, -0.05) is 0 Å². The normalized spacial score (nSPS) is 10.6. The fourth-order valence-corrected chi connectivity index (χ4v) is 2.38. The van der Waals surface area contributed by atoms with E-state index >= 15 is 0 Å². The maximum Gasteiger partial charge on any atom is 0.311 e. The van der Waals surface area contributed by atoms with Crippen molar-refractivity contribution in [3.8, 4) is 6.07 Å². The van der Waals surface area contributed by atoms with E-state index in [0.717, 1.165) is 18.3 Å². The third kappa shape index (κ3) is 4.33. The molecule has 0 bridgehead atoms. The predicted molar refractivity (Wildman–Crippen MR) is 84.7 cm³/mol. The molecule has 2 aromatic rings. The van der Waals surface area contributed by atoms with Crippen LogP contribution in [0.15, 0.2) is 22.6 Å². The van der Waals surface area contributed by atoms with Crippen molar-refractivity contribution in [2.75, 3.05) is 12.0 Å². The number of carbonyl (C=O) groups excluding carboxylic acids is 1. The number of nitrogens with zero attached hydrogens (tertiary/aromatic N) is 3. The van der Waals surface area contributed by atoms with Gasteiger partial charge in [-0.05, 0) is 19.1 Å². The number of hydrogen-bond acceptors (Lipinski definition) is 7. The number of hydrogen-bond donors (Lipinski definition) is 1. The molecule has 124 valence electrons. The molecule has 1 heterocycles. The van der Waals surface area contributed by atoms with Crippen molar-refractivity contribution in [3.63, 3.8) is 0 Å². The monoisotopic (exact) mass is 350 g/mol. The van der Waals surface area contributed by atoms with E-state index in [-0.39, 0.29) is 18.6 Å². The SMILES string of the molecule is CCOC(=O)Cc1csc(NN=Cc2c(F)ccc(C#N)c2F)n1. The first-order valence-electron chi connectivity index (χ1n) is 6.82. The zero-order valence-electron chi connectivity index (χ0n) is 12.5. The fourth-order valence-electron chi connectivity index (χ4n) is 1.73. The van der Waals surface area contributed by atoms with Crippen LogP contribution in [0, 0.1) is 23.0 Å². The van der Waals surface area contributed by atoms with Crippen LogP contribution in [0.25, 0.3) is 0 Å². The molecule has 0 saturated carbocycles. The molecule has 0 aliphatic rings. The molecule has 1 aromatic carbocycles. The highest BCUT2D eigenvalue weighted by atomic mass is 32.1. The number of benzene rings is 1. The Hall–Kier alpha value is -2.86. The average Bonchev–Trinajstić information content (AvgIpc) is 2.98. The van der Waals surface area contributed by atoms with Crippen LogP contribution < -0.4 is 5.43 Å². The lowest BCUT2D eigenvalue weighted by atomic mass is 10.1. The maximum absolute atomic E-state index is 13.8. The van der Waals surface area contributed by atoms with Crippen LogP contribution in [0.1, 0.15) is 23.7 Å². The first-order valence-corrected chi connectivity index (χ1v) is 7.70. The lowest BCUT2D eigenvalue weighted by Gasteiger charge is -2.00. The molecule has 2 rings (SSSR count). The third-order valence-electron chi connectivity index (χ3n) is 2.78. The smallest absolute Gasteiger partial charge is 0.311 e. The van der Waals surface area contributed by atoms with Gasteiger partial charge >= 0.3 is 5.97 Å². The summed E-state index contributed by atoms with van der Waals surface area (Å²) in [6.45, 7) is 2.00. The number of halogens is 2. The summed E-state index contributed by atoms with van der Waals surface area (Å²) in [5.74, 6) is -2.21. The molecule has 1 N–H and O–H groups in total. The molecule has 24 heavy (non-hydrogen) atoms. The summed E-state index contributed by atoms with van der Waals surface area (Å²) in [4.78, 5) is 15.4. The largest absolute Gasteiger partial charge is 0.466 e. The van der Waals surface area contributed by atoms with Crippen LogP contribution >= 0.6 is 11.3 Å². The summed E-state index contributed by atoms with van der Waals surface area (Å²) in [6, 6.07) is 3.67. The van der Waals surface area contributed by atoms with Gasteiger partial charge in [-0.15, -0.1) is 11.3 Å². The van der Waals surface area contributed by atoms with E-state index in [1.54, 1.807) is 18.4 Å². The van der Waals surface area contributed by atoms with Gasteiger partial charge < -0.3 is 4.74 Å². The second-order valence-electron chi connectivity index (χ2n) is 4.43. The van der Waals surface area contributed by atoms with Gasteiger partial charge in [-0.25, -0.2) is 13.8 Å². The molecule has 0 radical (unpaired) electrons. The second-order valence-corrected chi connectivity index (χ2v) is 5.29. The van der Waals surface area contributed by atoms with Crippen LogP contribution in [0.5, 0.6) is 0 Å². The van der Waals surface area contributed by atoms with Crippen molar-refractivity contribution in [2.24, 2.45) is 5.10 Å². The van der Waals surface area contributed by atoms with Crippen molar-refractivity contribution in [1.82, 2.24) is 4.98 Å². The van der Waals surface area contributed by atoms with E-state index in [4.69, 9.17) is 10.00 Å². The van der Waals surface area contributed by atoms with Crippen LogP contribution in [-0.2, 0) is 16.0 Å². The number of nitrogens with one attached hydrogen (secondary N) is 1. The summed E-state index contributed by atoms with van der Waals surface area (Å²) in [5, 5.41) is 14.4. The molecular formula is C15H12F2N4O2S. The third-order valence-corrected chi connectivity index (χ3v) is 3.58. The minimum Gasteiger partial charge on any atom is -0.466 e. The van der Waals surface area contributed by atoms with Crippen molar-refractivity contribution in [3.05, 3.63) is 46.0 Å². The zero-order chi connectivity index (χ0) is 17.5. The van der Waals surface area contributed by atoms with Gasteiger partial charge in [0.1, 0.15) is 11.9 Å². The minimum absolute atomic E-state index is 0.0310. The maximum atomic E-state index is 13.8. The fraction of sp³-hybridized carbons (Fsp3) is 0.200. The Bertz CT molecular complexity index is 814. The molecule has 0 unspecified atom stereocenters. The number of thiazole rings is 1. The Labute approximate surface area is 140 Å². The van der Waals surface area contributed by atoms with Gasteiger partial charge in [0.05, 0.1) is 36.1 Å². The Kier molecular flexibility index (Phi) is 5.92. The molecule has 1 aromatic heterocycles. The molecule has 0 aliphatic carbocycles. The molecule has 0 aliphatic heterocycles. The van der Waals surface area contributed by atoms with Gasteiger partial charge in [0.15, 0.2) is 5.82 Å². The van der Waals surface area contributed by atoms with E-state index in [9.17, 15) is 13.6 Å². The van der Waals surface area contributed by atoms with Crippen molar-refractivity contribution in [1.29, 1.82) is 5.26 Å². The Morgan fingerprint density at radius 1 is 1.54 bits per heavy atom. The van der Waals surface area contributed by atoms with Crippen molar-refractivity contribution in [2.45, 2.75) is 13.3 Å². The number of ether oxygens (including phenoxy) is 1. The molecule has 6 nitrogen and oxygen atoms in total. The van der Waals surface area contributed by atoms with E-state index in [0.29, 0.717) is 10.8 Å². The molecule has 9 heteroatoms. The summed E-state index contributed by atoms with van der Waals surface area (Å²) in [5.41, 5.74) is 2.32. The number of anilines is 1. The van der Waals surface area contributed by atoms with Crippen molar-refractivity contribution >= 4 is 28.7 Å². The Morgan fingerprint density at radius 3 is 3.04 bits per heavy atom. The quantitative estimate of drug-likeness (QED) is 0.492. The first-order chi connectivity index (χ1) is 11.5. The van der Waals surface area contributed by atoms with Crippen LogP contribution in [0.2, 0.25) is 0 Å². The highest BCUT2D eigenvalue weighted by Gasteiger charge is 2.12. The molecule has 0 saturated heterocycles. The number of hydrazone groups is 1. The van der Waals surface area contributed by atoms with E-state index in [1.165, 1.54) is 11.3 Å². The summed E-state index contributed by atoms with van der Waals surface area (Å²) in [6.07, 6.45) is 0.959. The highest BCUT2D eigenvalue weighted by Crippen LogP contribution is 2.17. The number of carbonyl (C=O) groups is 1. The molecule has 0 amide bonds.